The van der Waals surface area contributed by atoms with Crippen LogP contribution in [0, 0.1) is 11.3 Å². The average Bonchev–Trinajstić information content (AvgIpc) is 3.06. The van der Waals surface area contributed by atoms with E-state index in [4.69, 9.17) is 16.9 Å². The number of nitrogens with two attached hydrogens (primary N) is 2. The summed E-state index contributed by atoms with van der Waals surface area (Å²) in [6, 6.07) is 19.4. The smallest absolute Gasteiger partial charge is 0.266 e. The van der Waals surface area contributed by atoms with Crippen LogP contribution in [0.4, 0.5) is 0 Å². The maximum atomic E-state index is 15.4. The number of carbonyl (C=O) groups excluding carboxylic acids is 2. The van der Waals surface area contributed by atoms with E-state index in [0.29, 0.717) is 40.8 Å². The van der Waals surface area contributed by atoms with Crippen LogP contribution in [0.5, 0.6) is 0 Å². The number of hydrogen-bond acceptors (Lipinski definition) is 7. The highest BCUT2D eigenvalue weighted by Gasteiger charge is 2.53. The van der Waals surface area contributed by atoms with E-state index in [-0.39, 0.29) is 47.4 Å². The molecule has 0 aromatic heterocycles. The summed E-state index contributed by atoms with van der Waals surface area (Å²) in [5, 5.41) is 11.2. The Labute approximate surface area is 298 Å². The lowest BCUT2D eigenvalue weighted by molar-refractivity contribution is -0.150. The second kappa shape index (κ2) is 16.4. The molecule has 49 heavy (non-hydrogen) atoms. The van der Waals surface area contributed by atoms with Gasteiger partial charge in [0.1, 0.15) is 5.84 Å². The molecule has 0 bridgehead atoms. The van der Waals surface area contributed by atoms with Gasteiger partial charge in [0.15, 0.2) is 0 Å². The second-order valence-corrected chi connectivity index (χ2v) is 16.1. The zero-order valence-corrected chi connectivity index (χ0v) is 31.1. The molecule has 4 rings (SSSR count). The van der Waals surface area contributed by atoms with E-state index in [9.17, 15) is 4.79 Å². The fourth-order valence-electron chi connectivity index (χ4n) is 6.35. The molecule has 1 fully saturated rings. The van der Waals surface area contributed by atoms with E-state index in [1.165, 1.54) is 0 Å². The fraction of sp³-hybridized carbons (Fsp3) is 0.447. The lowest BCUT2D eigenvalue weighted by Crippen LogP contribution is -2.63. The van der Waals surface area contributed by atoms with Crippen LogP contribution in [0.15, 0.2) is 71.6 Å². The van der Waals surface area contributed by atoms with Crippen LogP contribution >= 0.6 is 12.4 Å². The fourth-order valence-corrected chi connectivity index (χ4v) is 8.62. The Morgan fingerprint density at radius 2 is 1.51 bits per heavy atom. The molecule has 2 amide bonds. The molecule has 1 heterocycles. The third-order valence-electron chi connectivity index (χ3n) is 9.24. The minimum Gasteiger partial charge on any atom is -0.384 e. The SMILES string of the molecule is CC(C)c1cc(C(C)C)c(S(=O)(=O)[C@](N)(Cc2cccc(C(=N)N)c2)C(=O)N(Cc2ccccc2)C(=O)C2CCCNC2)c(C(C)C)c1.Cl. The van der Waals surface area contributed by atoms with Gasteiger partial charge in [-0.05, 0) is 71.0 Å². The predicted octanol–water partition coefficient (Wildman–Crippen LogP) is 5.99. The van der Waals surface area contributed by atoms with Gasteiger partial charge in [0, 0.05) is 18.5 Å². The topological polar surface area (TPSA) is 159 Å². The summed E-state index contributed by atoms with van der Waals surface area (Å²) in [6.07, 6.45) is 0.893. The van der Waals surface area contributed by atoms with Crippen LogP contribution in [-0.4, -0.2) is 48.9 Å². The molecule has 2 atom stereocenters. The summed E-state index contributed by atoms with van der Waals surface area (Å²) < 4.78 is 30.9. The first-order valence-corrected chi connectivity index (χ1v) is 18.3. The van der Waals surface area contributed by atoms with Crippen molar-refractivity contribution in [3.05, 3.63) is 100 Å². The number of imide groups is 1. The van der Waals surface area contributed by atoms with Crippen molar-refractivity contribution in [2.75, 3.05) is 13.1 Å². The Balaban J connectivity index is 0.00000650. The number of halogens is 1. The number of sulfone groups is 1. The molecule has 0 aliphatic carbocycles. The normalized spacial score (nSPS) is 16.2. The highest BCUT2D eigenvalue weighted by Crippen LogP contribution is 2.40. The molecule has 6 N–H and O–H groups in total. The van der Waals surface area contributed by atoms with Crippen molar-refractivity contribution in [3.63, 3.8) is 0 Å². The summed E-state index contributed by atoms with van der Waals surface area (Å²) in [4.78, 5) is 28.0. The van der Waals surface area contributed by atoms with E-state index in [0.717, 1.165) is 23.4 Å². The molecular formula is C38H52ClN5O4S. The highest BCUT2D eigenvalue weighted by molar-refractivity contribution is 7.93. The quantitative estimate of drug-likeness (QED) is 0.133. The Morgan fingerprint density at radius 3 is 2.02 bits per heavy atom. The number of piperidine rings is 1. The molecule has 1 saturated heterocycles. The Morgan fingerprint density at radius 1 is 0.918 bits per heavy atom. The van der Waals surface area contributed by atoms with Crippen molar-refractivity contribution in [3.8, 4) is 0 Å². The summed E-state index contributed by atoms with van der Waals surface area (Å²) in [5.41, 5.74) is 16.5. The number of carbonyl (C=O) groups is 2. The van der Waals surface area contributed by atoms with Crippen LogP contribution in [0.25, 0.3) is 0 Å². The standard InChI is InChI=1S/C38H51N5O4S.ClH/c1-24(2)31-19-32(25(3)4)34(33(20-31)26(5)6)48(46,47)38(41,21-28-14-10-15-29(18-28)35(39)40)37(45)43(23-27-12-8-7-9-13-27)36(44)30-16-11-17-42-22-30;/h7-10,12-15,18-20,24-26,30,42H,11,16-17,21-23,41H2,1-6H3,(H3,39,40);1H/t30?,38-;/m1./s1. The van der Waals surface area contributed by atoms with Gasteiger partial charge in [0.05, 0.1) is 17.4 Å². The van der Waals surface area contributed by atoms with E-state index in [1.807, 2.05) is 58.0 Å². The lowest BCUT2D eigenvalue weighted by Gasteiger charge is -2.37. The van der Waals surface area contributed by atoms with Gasteiger partial charge < -0.3 is 16.8 Å². The second-order valence-electron chi connectivity index (χ2n) is 13.9. The zero-order chi connectivity index (χ0) is 35.4. The number of amidine groups is 1. The number of nitrogen functional groups attached to an aromatic ring is 1. The van der Waals surface area contributed by atoms with Gasteiger partial charge in [0.2, 0.25) is 20.6 Å². The zero-order valence-electron chi connectivity index (χ0n) is 29.5. The summed E-state index contributed by atoms with van der Waals surface area (Å²) in [7, 11) is -4.69. The lowest BCUT2D eigenvalue weighted by atomic mass is 9.89. The van der Waals surface area contributed by atoms with Crippen LogP contribution in [0.3, 0.4) is 0 Å². The van der Waals surface area contributed by atoms with Crippen LogP contribution in [0.1, 0.15) is 106 Å². The van der Waals surface area contributed by atoms with Crippen LogP contribution in [-0.2, 0) is 32.4 Å². The molecule has 266 valence electrons. The molecule has 0 radical (unpaired) electrons. The molecule has 3 aromatic rings. The molecule has 11 heteroatoms. The van der Waals surface area contributed by atoms with Gasteiger partial charge in [-0.15, -0.1) is 12.4 Å². The largest absolute Gasteiger partial charge is 0.384 e. The maximum Gasteiger partial charge on any atom is 0.266 e. The van der Waals surface area contributed by atoms with Crippen molar-refractivity contribution in [1.82, 2.24) is 10.2 Å². The minimum absolute atomic E-state index is 0. The molecule has 0 spiro atoms. The Bertz CT molecular complexity index is 1730. The number of nitrogens with zero attached hydrogens (tertiary/aromatic N) is 1. The molecular weight excluding hydrogens is 658 g/mol. The Hall–Kier alpha value is -3.57. The minimum atomic E-state index is -4.69. The number of amides is 2. The molecule has 1 aliphatic rings. The predicted molar refractivity (Wildman–Crippen MR) is 199 cm³/mol. The van der Waals surface area contributed by atoms with Gasteiger partial charge in [-0.25, -0.2) is 8.42 Å². The van der Waals surface area contributed by atoms with Crippen molar-refractivity contribution >= 4 is 39.9 Å². The summed E-state index contributed by atoms with van der Waals surface area (Å²) in [5.74, 6) is -2.42. The molecule has 3 aromatic carbocycles. The number of nitrogens with one attached hydrogen (secondary N) is 2. The molecule has 0 saturated carbocycles. The van der Waals surface area contributed by atoms with Crippen molar-refractivity contribution in [2.45, 2.75) is 94.9 Å². The van der Waals surface area contributed by atoms with E-state index >= 15 is 13.2 Å². The number of rotatable bonds is 12. The summed E-state index contributed by atoms with van der Waals surface area (Å²) >= 11 is 0. The first kappa shape index (κ1) is 39.9. The van der Waals surface area contributed by atoms with Crippen LogP contribution < -0.4 is 16.8 Å². The van der Waals surface area contributed by atoms with Crippen molar-refractivity contribution in [2.24, 2.45) is 17.4 Å². The van der Waals surface area contributed by atoms with Gasteiger partial charge in [0.25, 0.3) is 5.91 Å². The Kier molecular flexibility index (Phi) is 13.4. The maximum absolute atomic E-state index is 15.4. The van der Waals surface area contributed by atoms with E-state index in [1.54, 1.807) is 36.4 Å². The number of benzene rings is 3. The summed E-state index contributed by atoms with van der Waals surface area (Å²) in [6.45, 7) is 12.9. The van der Waals surface area contributed by atoms with E-state index < -0.39 is 38.9 Å². The monoisotopic (exact) mass is 709 g/mol. The van der Waals surface area contributed by atoms with Crippen molar-refractivity contribution in [1.29, 1.82) is 5.41 Å². The molecule has 1 unspecified atom stereocenters. The van der Waals surface area contributed by atoms with Gasteiger partial charge in [-0.3, -0.25) is 19.9 Å². The average molecular weight is 710 g/mol. The first-order valence-electron chi connectivity index (χ1n) is 16.8. The van der Waals surface area contributed by atoms with Crippen molar-refractivity contribution < 1.29 is 18.0 Å². The third-order valence-corrected chi connectivity index (χ3v) is 11.5. The van der Waals surface area contributed by atoms with Gasteiger partial charge >= 0.3 is 0 Å². The molecule has 1 aliphatic heterocycles. The van der Waals surface area contributed by atoms with Crippen LogP contribution in [0.2, 0.25) is 0 Å². The third kappa shape index (κ3) is 8.60. The van der Waals surface area contributed by atoms with Gasteiger partial charge in [-0.2, -0.15) is 0 Å². The van der Waals surface area contributed by atoms with Gasteiger partial charge in [-0.1, -0.05) is 102 Å². The molecule has 9 nitrogen and oxygen atoms in total. The first-order chi connectivity index (χ1) is 22.6. The number of hydrogen-bond donors (Lipinski definition) is 4. The van der Waals surface area contributed by atoms with E-state index in [2.05, 4.69) is 19.2 Å². The highest BCUT2D eigenvalue weighted by atomic mass is 35.5.